The molecule has 0 bridgehead atoms. The molecule has 1 atom stereocenters. The summed E-state index contributed by atoms with van der Waals surface area (Å²) in [6, 6.07) is 9.98. The van der Waals surface area contributed by atoms with Crippen LogP contribution in [0.25, 0.3) is 0 Å². The van der Waals surface area contributed by atoms with Gasteiger partial charge in [-0.15, -0.1) is 0 Å². The Morgan fingerprint density at radius 1 is 1.17 bits per heavy atom. The smallest absolute Gasteiger partial charge is 0.243 e. The number of carbonyl (C=O) groups is 2. The van der Waals surface area contributed by atoms with Crippen molar-refractivity contribution in [2.45, 2.75) is 46.1 Å². The van der Waals surface area contributed by atoms with Crippen molar-refractivity contribution in [3.8, 4) is 0 Å². The number of rotatable bonds is 6. The molecule has 1 aromatic rings. The van der Waals surface area contributed by atoms with Crippen LogP contribution in [0.3, 0.4) is 0 Å². The van der Waals surface area contributed by atoms with Gasteiger partial charge in [0.25, 0.3) is 0 Å². The van der Waals surface area contributed by atoms with Crippen molar-refractivity contribution in [3.63, 3.8) is 0 Å². The van der Waals surface area contributed by atoms with Crippen LogP contribution < -0.4 is 5.32 Å². The summed E-state index contributed by atoms with van der Waals surface area (Å²) in [5.74, 6) is 0.209. The first kappa shape index (κ1) is 17.2. The van der Waals surface area contributed by atoms with Gasteiger partial charge in [-0.25, -0.2) is 5.01 Å². The summed E-state index contributed by atoms with van der Waals surface area (Å²) >= 11 is 0. The Labute approximate surface area is 137 Å². The molecule has 124 valence electrons. The number of carbonyl (C=O) groups excluding carboxylic acids is 2. The normalized spacial score (nSPS) is 15.5. The van der Waals surface area contributed by atoms with Gasteiger partial charge in [-0.1, -0.05) is 44.2 Å². The van der Waals surface area contributed by atoms with Crippen molar-refractivity contribution < 1.29 is 9.59 Å². The van der Waals surface area contributed by atoms with E-state index in [1.165, 1.54) is 5.01 Å². The van der Waals surface area contributed by atoms with Gasteiger partial charge in [-0.05, 0) is 18.4 Å². The van der Waals surface area contributed by atoms with Gasteiger partial charge < -0.3 is 5.32 Å². The van der Waals surface area contributed by atoms with Crippen molar-refractivity contribution in [2.75, 3.05) is 6.54 Å². The zero-order valence-electron chi connectivity index (χ0n) is 14.1. The fourth-order valence-corrected chi connectivity index (χ4v) is 2.31. The topological polar surface area (TPSA) is 61.8 Å². The molecule has 5 heteroatoms. The van der Waals surface area contributed by atoms with E-state index in [2.05, 4.69) is 24.3 Å². The summed E-state index contributed by atoms with van der Waals surface area (Å²) in [4.78, 5) is 24.0. The van der Waals surface area contributed by atoms with E-state index in [4.69, 9.17) is 0 Å². The number of hydrogen-bond donors (Lipinski definition) is 1. The molecule has 0 unspecified atom stereocenters. The SMILES string of the molecule is CC(C)[C@H](C)NC(=O)CCC(=O)N1CCC(c2ccccc2)=N1. The van der Waals surface area contributed by atoms with Crippen molar-refractivity contribution >= 4 is 17.5 Å². The Bertz CT molecular complexity index is 581. The molecule has 0 saturated heterocycles. The second kappa shape index (κ2) is 7.90. The molecule has 5 nitrogen and oxygen atoms in total. The van der Waals surface area contributed by atoms with Crippen LogP contribution in [-0.2, 0) is 9.59 Å². The van der Waals surface area contributed by atoms with Crippen LogP contribution >= 0.6 is 0 Å². The maximum Gasteiger partial charge on any atom is 0.243 e. The minimum absolute atomic E-state index is 0.0778. The van der Waals surface area contributed by atoms with Crippen LogP contribution in [-0.4, -0.2) is 35.1 Å². The molecule has 2 rings (SSSR count). The second-order valence-corrected chi connectivity index (χ2v) is 6.28. The first-order chi connectivity index (χ1) is 11.0. The highest BCUT2D eigenvalue weighted by Crippen LogP contribution is 2.15. The first-order valence-corrected chi connectivity index (χ1v) is 8.20. The summed E-state index contributed by atoms with van der Waals surface area (Å²) in [6.45, 7) is 6.68. The van der Waals surface area contributed by atoms with Crippen molar-refractivity contribution in [1.29, 1.82) is 0 Å². The van der Waals surface area contributed by atoms with E-state index in [0.717, 1.165) is 17.7 Å². The largest absolute Gasteiger partial charge is 0.353 e. The van der Waals surface area contributed by atoms with E-state index in [1.807, 2.05) is 37.3 Å². The lowest BCUT2D eigenvalue weighted by atomic mass is 10.1. The quantitative estimate of drug-likeness (QED) is 0.877. The molecule has 0 radical (unpaired) electrons. The van der Waals surface area contributed by atoms with Gasteiger partial charge in [0.15, 0.2) is 0 Å². The third kappa shape index (κ3) is 4.91. The van der Waals surface area contributed by atoms with E-state index >= 15 is 0 Å². The number of hydrazone groups is 1. The van der Waals surface area contributed by atoms with E-state index < -0.39 is 0 Å². The Morgan fingerprint density at radius 2 is 1.87 bits per heavy atom. The van der Waals surface area contributed by atoms with Gasteiger partial charge in [-0.2, -0.15) is 5.10 Å². The fourth-order valence-electron chi connectivity index (χ4n) is 2.31. The summed E-state index contributed by atoms with van der Waals surface area (Å²) in [6.07, 6.45) is 1.16. The summed E-state index contributed by atoms with van der Waals surface area (Å²) in [5.41, 5.74) is 1.98. The van der Waals surface area contributed by atoms with Crippen LogP contribution in [0.4, 0.5) is 0 Å². The lowest BCUT2D eigenvalue weighted by molar-refractivity contribution is -0.133. The Balaban J connectivity index is 1.83. The van der Waals surface area contributed by atoms with Gasteiger partial charge in [0, 0.05) is 25.3 Å². The van der Waals surface area contributed by atoms with Crippen LogP contribution in [0.5, 0.6) is 0 Å². The van der Waals surface area contributed by atoms with Crippen LogP contribution in [0.15, 0.2) is 35.4 Å². The van der Waals surface area contributed by atoms with Gasteiger partial charge in [0.05, 0.1) is 12.3 Å². The molecular formula is C18H25N3O2. The van der Waals surface area contributed by atoms with Gasteiger partial charge in [0.2, 0.25) is 11.8 Å². The highest BCUT2D eigenvalue weighted by atomic mass is 16.2. The third-order valence-corrected chi connectivity index (χ3v) is 4.15. The van der Waals surface area contributed by atoms with Crippen molar-refractivity contribution in [1.82, 2.24) is 10.3 Å². The van der Waals surface area contributed by atoms with E-state index in [-0.39, 0.29) is 30.7 Å². The number of benzene rings is 1. The van der Waals surface area contributed by atoms with Crippen LogP contribution in [0, 0.1) is 5.92 Å². The third-order valence-electron chi connectivity index (χ3n) is 4.15. The van der Waals surface area contributed by atoms with Gasteiger partial charge >= 0.3 is 0 Å². The molecule has 1 aromatic carbocycles. The minimum Gasteiger partial charge on any atom is -0.353 e. The van der Waals surface area contributed by atoms with Gasteiger partial charge in [-0.3, -0.25) is 9.59 Å². The molecule has 1 aliphatic rings. The Hall–Kier alpha value is -2.17. The molecule has 0 spiro atoms. The standard InChI is InChI=1S/C18H25N3O2/c1-13(2)14(3)19-17(22)9-10-18(23)21-12-11-16(20-21)15-7-5-4-6-8-15/h4-8,13-14H,9-12H2,1-3H3,(H,19,22)/t14-/m0/s1. The number of nitrogens with one attached hydrogen (secondary N) is 1. The summed E-state index contributed by atoms with van der Waals surface area (Å²) in [5, 5.41) is 8.80. The monoisotopic (exact) mass is 315 g/mol. The molecule has 0 saturated carbocycles. The highest BCUT2D eigenvalue weighted by Gasteiger charge is 2.22. The minimum atomic E-state index is -0.0942. The van der Waals surface area contributed by atoms with Crippen molar-refractivity contribution in [3.05, 3.63) is 35.9 Å². The predicted octanol–water partition coefficient (Wildman–Crippen LogP) is 2.56. The van der Waals surface area contributed by atoms with Crippen LogP contribution in [0.1, 0.15) is 45.6 Å². The van der Waals surface area contributed by atoms with Crippen molar-refractivity contribution in [2.24, 2.45) is 11.0 Å². The average molecular weight is 315 g/mol. The van der Waals surface area contributed by atoms with E-state index in [1.54, 1.807) is 0 Å². The average Bonchev–Trinajstić information content (AvgIpc) is 3.03. The zero-order valence-corrected chi connectivity index (χ0v) is 14.1. The molecule has 0 fully saturated rings. The summed E-state index contributed by atoms with van der Waals surface area (Å²) < 4.78 is 0. The molecule has 2 amide bonds. The maximum atomic E-state index is 12.2. The number of amides is 2. The zero-order chi connectivity index (χ0) is 16.8. The molecule has 0 aromatic heterocycles. The number of hydrogen-bond acceptors (Lipinski definition) is 3. The second-order valence-electron chi connectivity index (χ2n) is 6.28. The van der Waals surface area contributed by atoms with E-state index in [9.17, 15) is 9.59 Å². The molecule has 23 heavy (non-hydrogen) atoms. The van der Waals surface area contributed by atoms with Crippen LogP contribution in [0.2, 0.25) is 0 Å². The molecule has 0 aliphatic carbocycles. The predicted molar refractivity (Wildman–Crippen MR) is 91.0 cm³/mol. The fraction of sp³-hybridized carbons (Fsp3) is 0.500. The maximum absolute atomic E-state index is 12.2. The van der Waals surface area contributed by atoms with E-state index in [0.29, 0.717) is 12.5 Å². The molecule has 1 heterocycles. The molecule has 1 N–H and O–H groups in total. The molecule has 1 aliphatic heterocycles. The lowest BCUT2D eigenvalue weighted by Gasteiger charge is -2.17. The molecular weight excluding hydrogens is 290 g/mol. The Morgan fingerprint density at radius 3 is 2.52 bits per heavy atom. The highest BCUT2D eigenvalue weighted by molar-refractivity contribution is 6.02. The Kier molecular flexibility index (Phi) is 5.90. The van der Waals surface area contributed by atoms with Gasteiger partial charge in [0.1, 0.15) is 0 Å². The lowest BCUT2D eigenvalue weighted by Crippen LogP contribution is -2.36. The number of nitrogens with zero attached hydrogens (tertiary/aromatic N) is 2. The first-order valence-electron chi connectivity index (χ1n) is 8.20. The summed E-state index contributed by atoms with van der Waals surface area (Å²) in [7, 11) is 0.